The lowest BCUT2D eigenvalue weighted by atomic mass is 10.1. The van der Waals surface area contributed by atoms with E-state index >= 15 is 0 Å². The van der Waals surface area contributed by atoms with E-state index in [9.17, 15) is 0 Å². The zero-order valence-electron chi connectivity index (χ0n) is 11.6. The van der Waals surface area contributed by atoms with Gasteiger partial charge in [0.2, 0.25) is 0 Å². The van der Waals surface area contributed by atoms with Crippen molar-refractivity contribution in [3.8, 4) is 0 Å². The van der Waals surface area contributed by atoms with E-state index < -0.39 is 8.80 Å². The van der Waals surface area contributed by atoms with E-state index in [1.165, 1.54) is 0 Å². The molecule has 0 fully saturated rings. The molecule has 2 unspecified atom stereocenters. The molecule has 0 bridgehead atoms. The third-order valence-corrected chi connectivity index (χ3v) is 5.71. The molecule has 0 heterocycles. The first kappa shape index (κ1) is 16.8. The van der Waals surface area contributed by atoms with Gasteiger partial charge in [-0.15, -0.1) is 6.58 Å². The fraction of sp³-hybridized carbons (Fsp3) is 0.833. The summed E-state index contributed by atoms with van der Waals surface area (Å²) in [4.78, 5) is 0. The van der Waals surface area contributed by atoms with Crippen LogP contribution in [0, 0.1) is 5.92 Å². The van der Waals surface area contributed by atoms with Crippen LogP contribution < -0.4 is 5.73 Å². The first-order valence-electron chi connectivity index (χ1n) is 6.35. The average Bonchev–Trinajstić information content (AvgIpc) is 2.26. The summed E-state index contributed by atoms with van der Waals surface area (Å²) in [5.74, 6) is 0.159. The van der Waals surface area contributed by atoms with Crippen LogP contribution in [0.25, 0.3) is 0 Å². The minimum absolute atomic E-state index is 0.0285. The first-order chi connectivity index (χ1) is 8.05. The van der Waals surface area contributed by atoms with Gasteiger partial charge in [0.15, 0.2) is 0 Å². The van der Waals surface area contributed by atoms with Crippen LogP contribution in [-0.4, -0.2) is 34.7 Å². The third-order valence-electron chi connectivity index (χ3n) is 2.56. The second-order valence-electron chi connectivity index (χ2n) is 3.94. The summed E-state index contributed by atoms with van der Waals surface area (Å²) in [5, 5.41) is 0. The van der Waals surface area contributed by atoms with Crippen LogP contribution in [0.4, 0.5) is 0 Å². The van der Waals surface area contributed by atoms with E-state index in [1.807, 2.05) is 33.8 Å². The van der Waals surface area contributed by atoms with Gasteiger partial charge >= 0.3 is 8.80 Å². The number of rotatable bonds is 10. The van der Waals surface area contributed by atoms with Crippen molar-refractivity contribution in [2.75, 3.05) is 19.8 Å². The van der Waals surface area contributed by atoms with Gasteiger partial charge in [0.1, 0.15) is 0 Å². The first-order valence-corrected chi connectivity index (χ1v) is 8.28. The van der Waals surface area contributed by atoms with Gasteiger partial charge in [0, 0.05) is 31.9 Å². The highest BCUT2D eigenvalue weighted by molar-refractivity contribution is 6.60. The quantitative estimate of drug-likeness (QED) is 0.484. The number of hydrogen-bond donors (Lipinski definition) is 1. The summed E-state index contributed by atoms with van der Waals surface area (Å²) in [6, 6.07) is 0.727. The molecule has 0 saturated heterocycles. The molecule has 17 heavy (non-hydrogen) atoms. The van der Waals surface area contributed by atoms with Crippen LogP contribution in [0.15, 0.2) is 12.7 Å². The van der Waals surface area contributed by atoms with E-state index in [1.54, 1.807) is 0 Å². The van der Waals surface area contributed by atoms with Crippen molar-refractivity contribution in [2.24, 2.45) is 11.7 Å². The number of hydrogen-bond acceptors (Lipinski definition) is 4. The Bertz CT molecular complexity index is 195. The molecule has 102 valence electrons. The Morgan fingerprint density at radius 3 is 1.76 bits per heavy atom. The second kappa shape index (κ2) is 8.83. The van der Waals surface area contributed by atoms with Crippen LogP contribution >= 0.6 is 0 Å². The predicted octanol–water partition coefficient (Wildman–Crippen LogP) is 2.18. The normalized spacial score (nSPS) is 15.6. The maximum atomic E-state index is 5.93. The highest BCUT2D eigenvalue weighted by atomic mass is 28.4. The fourth-order valence-corrected chi connectivity index (χ4v) is 4.77. The Balaban J connectivity index is 4.78. The molecule has 0 aliphatic heterocycles. The lowest BCUT2D eigenvalue weighted by Crippen LogP contribution is -2.49. The maximum absolute atomic E-state index is 5.93. The maximum Gasteiger partial charge on any atom is 0.501 e. The van der Waals surface area contributed by atoms with E-state index in [0.29, 0.717) is 25.9 Å². The van der Waals surface area contributed by atoms with Gasteiger partial charge in [-0.1, -0.05) is 6.08 Å². The van der Waals surface area contributed by atoms with E-state index in [2.05, 4.69) is 6.58 Å². The molecule has 0 aliphatic rings. The molecule has 0 aliphatic carbocycles. The van der Waals surface area contributed by atoms with Gasteiger partial charge < -0.3 is 19.0 Å². The van der Waals surface area contributed by atoms with Crippen LogP contribution in [0.3, 0.4) is 0 Å². The van der Waals surface area contributed by atoms with Gasteiger partial charge in [-0.2, -0.15) is 0 Å². The summed E-state index contributed by atoms with van der Waals surface area (Å²) >= 11 is 0. The Labute approximate surface area is 106 Å². The van der Waals surface area contributed by atoms with Gasteiger partial charge in [-0.3, -0.25) is 0 Å². The molecule has 0 aromatic rings. The minimum atomic E-state index is -2.59. The predicted molar refractivity (Wildman–Crippen MR) is 72.8 cm³/mol. The Morgan fingerprint density at radius 2 is 1.53 bits per heavy atom. The summed E-state index contributed by atoms with van der Waals surface area (Å²) in [5.41, 5.74) is 5.93. The molecule has 4 nitrogen and oxygen atoms in total. The van der Waals surface area contributed by atoms with Crippen molar-refractivity contribution in [1.29, 1.82) is 0 Å². The molecule has 0 saturated carbocycles. The largest absolute Gasteiger partial charge is 0.501 e. The van der Waals surface area contributed by atoms with Crippen molar-refractivity contribution in [1.82, 2.24) is 0 Å². The van der Waals surface area contributed by atoms with E-state index in [4.69, 9.17) is 19.0 Å². The highest BCUT2D eigenvalue weighted by Crippen LogP contribution is 2.24. The van der Waals surface area contributed by atoms with Gasteiger partial charge in [-0.05, 0) is 33.6 Å². The summed E-state index contributed by atoms with van der Waals surface area (Å²) < 4.78 is 17.4. The van der Waals surface area contributed by atoms with E-state index in [0.717, 1.165) is 0 Å². The van der Waals surface area contributed by atoms with Gasteiger partial charge in [-0.25, -0.2) is 0 Å². The third kappa shape index (κ3) is 5.79. The zero-order chi connectivity index (χ0) is 13.3. The second-order valence-corrected chi connectivity index (χ2v) is 6.59. The molecule has 0 radical (unpaired) electrons. The standard InChI is InChI=1S/C12H27NO3Si/c1-6-12(11(5)13)10-17(14-7-2,15-8-3)16-9-4/h6,11-12H,1,7-10,13H2,2-5H3. The molecule has 2 N–H and O–H groups in total. The minimum Gasteiger partial charge on any atom is -0.374 e. The van der Waals surface area contributed by atoms with Crippen LogP contribution in [0.2, 0.25) is 6.04 Å². The molecule has 0 rings (SSSR count). The highest BCUT2D eigenvalue weighted by Gasteiger charge is 2.42. The lowest BCUT2D eigenvalue weighted by Gasteiger charge is -2.31. The SMILES string of the molecule is C=CC(C[Si](OCC)(OCC)OCC)C(C)N. The van der Waals surface area contributed by atoms with Crippen LogP contribution in [0.5, 0.6) is 0 Å². The Kier molecular flexibility index (Phi) is 8.72. The molecule has 0 aromatic carbocycles. The summed E-state index contributed by atoms with van der Waals surface area (Å²) in [6.07, 6.45) is 1.86. The molecular formula is C12H27NO3Si. The van der Waals surface area contributed by atoms with Crippen molar-refractivity contribution >= 4 is 8.80 Å². The lowest BCUT2D eigenvalue weighted by molar-refractivity contribution is 0.0678. The smallest absolute Gasteiger partial charge is 0.374 e. The summed E-state index contributed by atoms with van der Waals surface area (Å²) in [6.45, 7) is 13.4. The van der Waals surface area contributed by atoms with Crippen molar-refractivity contribution in [3.63, 3.8) is 0 Å². The summed E-state index contributed by atoms with van der Waals surface area (Å²) in [7, 11) is -2.59. The molecule has 2 atom stereocenters. The monoisotopic (exact) mass is 261 g/mol. The molecule has 0 aromatic heterocycles. The van der Waals surface area contributed by atoms with Crippen molar-refractivity contribution in [3.05, 3.63) is 12.7 Å². The Hall–Kier alpha value is -0.203. The van der Waals surface area contributed by atoms with Crippen molar-refractivity contribution < 1.29 is 13.3 Å². The van der Waals surface area contributed by atoms with Crippen LogP contribution in [-0.2, 0) is 13.3 Å². The molecule has 5 heteroatoms. The number of nitrogens with two attached hydrogens (primary N) is 1. The van der Waals surface area contributed by atoms with Crippen molar-refractivity contribution in [2.45, 2.75) is 39.8 Å². The average molecular weight is 261 g/mol. The Morgan fingerprint density at radius 1 is 1.12 bits per heavy atom. The molecule has 0 spiro atoms. The topological polar surface area (TPSA) is 53.7 Å². The van der Waals surface area contributed by atoms with Gasteiger partial charge in [0.25, 0.3) is 0 Å². The van der Waals surface area contributed by atoms with Crippen LogP contribution in [0.1, 0.15) is 27.7 Å². The molecule has 0 amide bonds. The molecular weight excluding hydrogens is 234 g/mol. The van der Waals surface area contributed by atoms with Gasteiger partial charge in [0.05, 0.1) is 0 Å². The zero-order valence-corrected chi connectivity index (χ0v) is 12.6. The fourth-order valence-electron chi connectivity index (χ4n) is 1.73. The van der Waals surface area contributed by atoms with E-state index in [-0.39, 0.29) is 12.0 Å².